The van der Waals surface area contributed by atoms with Crippen LogP contribution in [0.5, 0.6) is 5.75 Å². The number of rotatable bonds is 5. The second-order valence-electron chi connectivity index (χ2n) is 5.80. The van der Waals surface area contributed by atoms with Crippen LogP contribution in [0.4, 0.5) is 5.69 Å². The van der Waals surface area contributed by atoms with Gasteiger partial charge in [-0.2, -0.15) is 0 Å². The van der Waals surface area contributed by atoms with Crippen LogP contribution in [0.1, 0.15) is 15.9 Å². The van der Waals surface area contributed by atoms with Gasteiger partial charge < -0.3 is 15.2 Å². The average molecular weight is 341 g/mol. The quantitative estimate of drug-likeness (QED) is 0.743. The molecule has 0 unspecified atom stereocenters. The molecule has 0 aliphatic carbocycles. The van der Waals surface area contributed by atoms with Gasteiger partial charge in [0.15, 0.2) is 0 Å². The van der Waals surface area contributed by atoms with Crippen molar-refractivity contribution in [3.8, 4) is 5.75 Å². The topological polar surface area (TPSA) is 85.5 Å². The van der Waals surface area contributed by atoms with E-state index in [0.717, 1.165) is 16.6 Å². The standard InChI is InChI=1S/C18H19N3O4/c1-20-14-6-4-11(8-15(14)21(2)18(20)24)10-19-13-9-12(17(22)23)5-7-16(13)25-3/h4-9,19H,10H2,1-3H3,(H,22,23). The molecule has 0 atom stereocenters. The van der Waals surface area contributed by atoms with Crippen molar-refractivity contribution in [1.29, 1.82) is 0 Å². The Morgan fingerprint density at radius 2 is 1.84 bits per heavy atom. The van der Waals surface area contributed by atoms with Gasteiger partial charge in [-0.05, 0) is 35.9 Å². The Morgan fingerprint density at radius 3 is 2.52 bits per heavy atom. The lowest BCUT2D eigenvalue weighted by molar-refractivity contribution is 0.0697. The molecule has 3 aromatic rings. The maximum atomic E-state index is 12.0. The monoisotopic (exact) mass is 341 g/mol. The van der Waals surface area contributed by atoms with Crippen LogP contribution in [-0.2, 0) is 20.6 Å². The summed E-state index contributed by atoms with van der Waals surface area (Å²) in [5, 5.41) is 12.3. The largest absolute Gasteiger partial charge is 0.495 e. The number of aryl methyl sites for hydroxylation is 2. The number of carboxylic acids is 1. The summed E-state index contributed by atoms with van der Waals surface area (Å²) in [4.78, 5) is 23.1. The molecule has 0 fully saturated rings. The minimum atomic E-state index is -0.994. The molecule has 0 amide bonds. The summed E-state index contributed by atoms with van der Waals surface area (Å²) >= 11 is 0. The van der Waals surface area contributed by atoms with E-state index in [4.69, 9.17) is 9.84 Å². The van der Waals surface area contributed by atoms with Gasteiger partial charge in [-0.25, -0.2) is 9.59 Å². The van der Waals surface area contributed by atoms with Gasteiger partial charge >= 0.3 is 11.7 Å². The number of anilines is 1. The number of hydrogen-bond acceptors (Lipinski definition) is 4. The number of hydrogen-bond donors (Lipinski definition) is 2. The smallest absolute Gasteiger partial charge is 0.335 e. The zero-order valence-electron chi connectivity index (χ0n) is 14.2. The highest BCUT2D eigenvalue weighted by atomic mass is 16.5. The number of carbonyl (C=O) groups is 1. The van der Waals surface area contributed by atoms with E-state index in [1.807, 2.05) is 18.2 Å². The van der Waals surface area contributed by atoms with Gasteiger partial charge in [-0.3, -0.25) is 9.13 Å². The van der Waals surface area contributed by atoms with E-state index in [0.29, 0.717) is 18.0 Å². The maximum Gasteiger partial charge on any atom is 0.335 e. The van der Waals surface area contributed by atoms with E-state index in [9.17, 15) is 9.59 Å². The summed E-state index contributed by atoms with van der Waals surface area (Å²) in [6.07, 6.45) is 0. The van der Waals surface area contributed by atoms with E-state index >= 15 is 0 Å². The third-order valence-electron chi connectivity index (χ3n) is 4.27. The Hall–Kier alpha value is -3.22. The summed E-state index contributed by atoms with van der Waals surface area (Å²) < 4.78 is 8.48. The van der Waals surface area contributed by atoms with Crippen LogP contribution in [-0.4, -0.2) is 27.3 Å². The molecule has 1 heterocycles. The van der Waals surface area contributed by atoms with Gasteiger partial charge in [0.1, 0.15) is 5.75 Å². The second-order valence-corrected chi connectivity index (χ2v) is 5.80. The summed E-state index contributed by atoms with van der Waals surface area (Å²) in [5.41, 5.74) is 3.39. The van der Waals surface area contributed by atoms with Crippen LogP contribution in [0.2, 0.25) is 0 Å². The molecule has 0 aliphatic rings. The van der Waals surface area contributed by atoms with Crippen LogP contribution in [0.25, 0.3) is 11.0 Å². The van der Waals surface area contributed by atoms with Gasteiger partial charge in [0.05, 0.1) is 29.4 Å². The minimum Gasteiger partial charge on any atom is -0.495 e. The first-order valence-electron chi connectivity index (χ1n) is 7.72. The van der Waals surface area contributed by atoms with Crippen LogP contribution >= 0.6 is 0 Å². The maximum absolute atomic E-state index is 12.0. The lowest BCUT2D eigenvalue weighted by atomic mass is 10.1. The van der Waals surface area contributed by atoms with Crippen molar-refractivity contribution < 1.29 is 14.6 Å². The number of imidazole rings is 1. The van der Waals surface area contributed by atoms with E-state index in [2.05, 4.69) is 5.32 Å². The van der Waals surface area contributed by atoms with Crippen molar-refractivity contribution in [3.05, 3.63) is 58.0 Å². The molecule has 0 aliphatic heterocycles. The molecule has 2 aromatic carbocycles. The van der Waals surface area contributed by atoms with Crippen LogP contribution in [0.3, 0.4) is 0 Å². The molecule has 130 valence electrons. The Bertz CT molecular complexity index is 1020. The normalized spacial score (nSPS) is 10.8. The number of aromatic carboxylic acids is 1. The molecule has 0 saturated carbocycles. The fourth-order valence-electron chi connectivity index (χ4n) is 2.84. The van der Waals surface area contributed by atoms with Crippen molar-refractivity contribution in [3.63, 3.8) is 0 Å². The number of aromatic nitrogens is 2. The van der Waals surface area contributed by atoms with Crippen molar-refractivity contribution in [2.45, 2.75) is 6.54 Å². The fraction of sp³-hybridized carbons (Fsp3) is 0.222. The number of nitrogens with zero attached hydrogens (tertiary/aromatic N) is 2. The molecular formula is C18H19N3O4. The number of ether oxygens (including phenoxy) is 1. The molecule has 3 rings (SSSR count). The SMILES string of the molecule is COc1ccc(C(=O)O)cc1NCc1ccc2c(c1)n(C)c(=O)n2C. The van der Waals surface area contributed by atoms with Crippen LogP contribution in [0, 0.1) is 0 Å². The van der Waals surface area contributed by atoms with Gasteiger partial charge in [-0.15, -0.1) is 0 Å². The summed E-state index contributed by atoms with van der Waals surface area (Å²) in [6, 6.07) is 10.4. The summed E-state index contributed by atoms with van der Waals surface area (Å²) in [6.45, 7) is 0.471. The van der Waals surface area contributed by atoms with Gasteiger partial charge in [0.25, 0.3) is 0 Å². The molecular weight excluding hydrogens is 322 g/mol. The van der Waals surface area contributed by atoms with Crippen molar-refractivity contribution in [1.82, 2.24) is 9.13 Å². The highest BCUT2D eigenvalue weighted by Gasteiger charge is 2.11. The average Bonchev–Trinajstić information content (AvgIpc) is 2.83. The first-order valence-corrected chi connectivity index (χ1v) is 7.72. The number of carboxylic acid groups (broad SMARTS) is 1. The first-order chi connectivity index (χ1) is 11.9. The van der Waals surface area contributed by atoms with E-state index in [1.165, 1.54) is 19.2 Å². The zero-order valence-corrected chi connectivity index (χ0v) is 14.2. The highest BCUT2D eigenvalue weighted by Crippen LogP contribution is 2.26. The Kier molecular flexibility index (Phi) is 4.22. The molecule has 25 heavy (non-hydrogen) atoms. The molecule has 0 radical (unpaired) electrons. The van der Waals surface area contributed by atoms with Crippen molar-refractivity contribution in [2.24, 2.45) is 14.1 Å². The van der Waals surface area contributed by atoms with Gasteiger partial charge in [-0.1, -0.05) is 6.07 Å². The highest BCUT2D eigenvalue weighted by molar-refractivity contribution is 5.89. The third kappa shape index (κ3) is 2.96. The molecule has 2 N–H and O–H groups in total. The summed E-state index contributed by atoms with van der Waals surface area (Å²) in [7, 11) is 5.01. The molecule has 7 nitrogen and oxygen atoms in total. The molecule has 0 bridgehead atoms. The summed E-state index contributed by atoms with van der Waals surface area (Å²) in [5.74, 6) is -0.426. The Morgan fingerprint density at radius 1 is 1.12 bits per heavy atom. The minimum absolute atomic E-state index is 0.0732. The third-order valence-corrected chi connectivity index (χ3v) is 4.27. The lowest BCUT2D eigenvalue weighted by Gasteiger charge is -2.12. The second kappa shape index (κ2) is 6.35. The number of benzene rings is 2. The number of fused-ring (bicyclic) bond motifs is 1. The predicted octanol–water partition coefficient (Wildman–Crippen LogP) is 2.20. The van der Waals surface area contributed by atoms with Crippen molar-refractivity contribution in [2.75, 3.05) is 12.4 Å². The fourth-order valence-corrected chi connectivity index (χ4v) is 2.84. The van der Waals surface area contributed by atoms with Gasteiger partial charge in [0, 0.05) is 20.6 Å². The van der Waals surface area contributed by atoms with E-state index < -0.39 is 5.97 Å². The Balaban J connectivity index is 1.90. The lowest BCUT2D eigenvalue weighted by Crippen LogP contribution is -2.19. The van der Waals surface area contributed by atoms with Gasteiger partial charge in [0.2, 0.25) is 0 Å². The molecule has 7 heteroatoms. The first kappa shape index (κ1) is 16.6. The number of nitrogens with one attached hydrogen (secondary N) is 1. The van der Waals surface area contributed by atoms with E-state index in [-0.39, 0.29) is 11.3 Å². The van der Waals surface area contributed by atoms with Crippen LogP contribution in [0.15, 0.2) is 41.2 Å². The van der Waals surface area contributed by atoms with Crippen LogP contribution < -0.4 is 15.7 Å². The number of methoxy groups -OCH3 is 1. The van der Waals surface area contributed by atoms with E-state index in [1.54, 1.807) is 29.3 Å². The predicted molar refractivity (Wildman–Crippen MR) is 95.4 cm³/mol. The van der Waals surface area contributed by atoms with Crippen molar-refractivity contribution >= 4 is 22.7 Å². The Labute approximate surface area is 144 Å². The molecule has 0 saturated heterocycles. The zero-order chi connectivity index (χ0) is 18.1. The molecule has 1 aromatic heterocycles. The molecule has 0 spiro atoms.